The van der Waals surface area contributed by atoms with Crippen LogP contribution in [-0.4, -0.2) is 57.2 Å². The highest BCUT2D eigenvalue weighted by Crippen LogP contribution is 2.45. The van der Waals surface area contributed by atoms with Gasteiger partial charge in [0, 0.05) is 25.4 Å². The number of nitrogens with zero attached hydrogens (tertiary/aromatic N) is 3. The number of unbranched alkanes of at least 4 members (excludes halogenated alkanes) is 3. The van der Waals surface area contributed by atoms with Crippen LogP contribution in [0, 0.1) is 18.8 Å². The number of carbonyl (C=O) groups is 3. The zero-order valence-electron chi connectivity index (χ0n) is 18.2. The maximum Gasteiger partial charge on any atom is 0.331 e. The summed E-state index contributed by atoms with van der Waals surface area (Å²) in [4.78, 5) is 62.2. The number of fused-ring (bicyclic) bond motifs is 5. The Hall–Kier alpha value is -3.01. The van der Waals surface area contributed by atoms with Crippen molar-refractivity contribution < 1.29 is 23.9 Å². The summed E-state index contributed by atoms with van der Waals surface area (Å²) in [6, 6.07) is 0. The van der Waals surface area contributed by atoms with Gasteiger partial charge >= 0.3 is 11.7 Å². The molecule has 1 aromatic rings. The Labute approximate surface area is 184 Å². The van der Waals surface area contributed by atoms with Crippen LogP contribution in [0.25, 0.3) is 0 Å². The van der Waals surface area contributed by atoms with Gasteiger partial charge < -0.3 is 9.47 Å². The second-order valence-corrected chi connectivity index (χ2v) is 8.55. The summed E-state index contributed by atoms with van der Waals surface area (Å²) >= 11 is 0. The number of imide groups is 1. The second-order valence-electron chi connectivity index (χ2n) is 8.55. The number of aryl methyl sites for hydroxylation is 1. The van der Waals surface area contributed by atoms with Crippen LogP contribution in [-0.2, 0) is 37.4 Å². The van der Waals surface area contributed by atoms with E-state index in [1.807, 2.05) is 12.2 Å². The molecule has 0 aliphatic carbocycles. The van der Waals surface area contributed by atoms with Gasteiger partial charge in [-0.3, -0.25) is 33.2 Å². The first-order valence-corrected chi connectivity index (χ1v) is 10.9. The van der Waals surface area contributed by atoms with Gasteiger partial charge in [0.2, 0.25) is 11.8 Å². The highest BCUT2D eigenvalue weighted by atomic mass is 16.5. The molecule has 0 saturated carbocycles. The molecule has 0 aromatic carbocycles. The summed E-state index contributed by atoms with van der Waals surface area (Å²) in [5, 5.41) is 0. The van der Waals surface area contributed by atoms with E-state index in [4.69, 9.17) is 9.47 Å². The Morgan fingerprint density at radius 2 is 1.62 bits per heavy atom. The zero-order chi connectivity index (χ0) is 23.0. The highest BCUT2D eigenvalue weighted by molar-refractivity contribution is 6.06. The smallest absolute Gasteiger partial charge is 0.331 e. The first-order chi connectivity index (χ1) is 15.3. The van der Waals surface area contributed by atoms with Crippen LogP contribution in [0.2, 0.25) is 0 Å². The molecular formula is C22H27N3O7. The molecular weight excluding hydrogens is 418 g/mol. The average Bonchev–Trinajstić information content (AvgIpc) is 3.44. The SMILES string of the molecule is Cc1cn(CC(=O)OCCCCCCN2C(=O)[C@@H]3[C@H](C2=O)[C@@H]2C=C[C@H]3O2)c(=O)n(C)c1=O. The van der Waals surface area contributed by atoms with E-state index in [0.29, 0.717) is 24.9 Å². The molecule has 4 heterocycles. The van der Waals surface area contributed by atoms with E-state index in [1.165, 1.54) is 18.1 Å². The third kappa shape index (κ3) is 3.94. The molecule has 10 nitrogen and oxygen atoms in total. The van der Waals surface area contributed by atoms with E-state index in [2.05, 4.69) is 0 Å². The van der Waals surface area contributed by atoms with Crippen molar-refractivity contribution in [2.45, 2.75) is 51.4 Å². The lowest BCUT2D eigenvalue weighted by Gasteiger charge is -2.17. The second kappa shape index (κ2) is 8.85. The van der Waals surface area contributed by atoms with E-state index in [0.717, 1.165) is 22.0 Å². The summed E-state index contributed by atoms with van der Waals surface area (Å²) in [6.07, 6.45) is 7.49. The average molecular weight is 445 g/mol. The van der Waals surface area contributed by atoms with E-state index in [9.17, 15) is 24.0 Å². The van der Waals surface area contributed by atoms with Gasteiger partial charge in [0.1, 0.15) is 6.54 Å². The minimum Gasteiger partial charge on any atom is -0.464 e. The minimum absolute atomic E-state index is 0.130. The van der Waals surface area contributed by atoms with Gasteiger partial charge in [0.25, 0.3) is 5.56 Å². The van der Waals surface area contributed by atoms with Crippen LogP contribution >= 0.6 is 0 Å². The first-order valence-electron chi connectivity index (χ1n) is 10.9. The van der Waals surface area contributed by atoms with Gasteiger partial charge in [-0.05, 0) is 26.2 Å². The van der Waals surface area contributed by atoms with Crippen LogP contribution in [0.3, 0.4) is 0 Å². The summed E-state index contributed by atoms with van der Waals surface area (Å²) in [6.45, 7) is 1.94. The van der Waals surface area contributed by atoms with Gasteiger partial charge in [-0.25, -0.2) is 4.79 Å². The van der Waals surface area contributed by atoms with Crippen LogP contribution in [0.15, 0.2) is 27.9 Å². The molecule has 0 radical (unpaired) electrons. The fourth-order valence-electron chi connectivity index (χ4n) is 4.68. The monoisotopic (exact) mass is 445 g/mol. The number of ether oxygens (including phenoxy) is 2. The molecule has 1 aromatic heterocycles. The first kappa shape index (κ1) is 22.2. The molecule has 0 N–H and O–H groups in total. The lowest BCUT2D eigenvalue weighted by atomic mass is 9.85. The van der Waals surface area contributed by atoms with Crippen molar-refractivity contribution in [1.29, 1.82) is 0 Å². The molecule has 2 bridgehead atoms. The van der Waals surface area contributed by atoms with Crippen molar-refractivity contribution in [2.75, 3.05) is 13.2 Å². The quantitative estimate of drug-likeness (QED) is 0.225. The van der Waals surface area contributed by atoms with Crippen LogP contribution in [0.4, 0.5) is 0 Å². The minimum atomic E-state index is -0.567. The van der Waals surface area contributed by atoms with E-state index >= 15 is 0 Å². The third-order valence-electron chi connectivity index (χ3n) is 6.36. The molecule has 2 saturated heterocycles. The summed E-state index contributed by atoms with van der Waals surface area (Å²) in [5.41, 5.74) is -0.588. The molecule has 2 fully saturated rings. The predicted octanol–water partition coefficient (Wildman–Crippen LogP) is -0.103. The van der Waals surface area contributed by atoms with Crippen molar-refractivity contribution in [1.82, 2.24) is 14.0 Å². The van der Waals surface area contributed by atoms with E-state index < -0.39 is 17.2 Å². The number of amides is 2. The van der Waals surface area contributed by atoms with Crippen molar-refractivity contribution in [3.05, 3.63) is 44.8 Å². The van der Waals surface area contributed by atoms with E-state index in [-0.39, 0.29) is 49.0 Å². The third-order valence-corrected chi connectivity index (χ3v) is 6.36. The topological polar surface area (TPSA) is 117 Å². The normalized spacial score (nSPS) is 25.6. The largest absolute Gasteiger partial charge is 0.464 e. The fourth-order valence-corrected chi connectivity index (χ4v) is 4.68. The van der Waals surface area contributed by atoms with Crippen LogP contribution in [0.5, 0.6) is 0 Å². The van der Waals surface area contributed by atoms with E-state index in [1.54, 1.807) is 6.92 Å². The zero-order valence-corrected chi connectivity index (χ0v) is 18.2. The number of likely N-dealkylation sites (tertiary alicyclic amines) is 1. The Morgan fingerprint density at radius 1 is 1.00 bits per heavy atom. The van der Waals surface area contributed by atoms with Crippen molar-refractivity contribution in [3.63, 3.8) is 0 Å². The van der Waals surface area contributed by atoms with Crippen molar-refractivity contribution >= 4 is 17.8 Å². The Morgan fingerprint density at radius 3 is 2.28 bits per heavy atom. The molecule has 4 rings (SSSR count). The molecule has 2 amide bonds. The molecule has 3 aliphatic rings. The molecule has 10 heteroatoms. The lowest BCUT2D eigenvalue weighted by molar-refractivity contribution is -0.145. The molecule has 3 aliphatic heterocycles. The molecule has 0 spiro atoms. The fraction of sp³-hybridized carbons (Fsp3) is 0.591. The molecule has 172 valence electrons. The maximum atomic E-state index is 12.6. The summed E-state index contributed by atoms with van der Waals surface area (Å²) in [5.74, 6) is -1.53. The molecule has 32 heavy (non-hydrogen) atoms. The Bertz CT molecular complexity index is 1060. The number of carbonyl (C=O) groups excluding carboxylic acids is 3. The molecule has 0 unspecified atom stereocenters. The van der Waals surface area contributed by atoms with Crippen molar-refractivity contribution in [3.8, 4) is 0 Å². The number of hydrogen-bond acceptors (Lipinski definition) is 7. The maximum absolute atomic E-state index is 12.6. The predicted molar refractivity (Wildman–Crippen MR) is 112 cm³/mol. The van der Waals surface area contributed by atoms with Crippen LogP contribution in [0.1, 0.15) is 31.2 Å². The lowest BCUT2D eigenvalue weighted by Crippen LogP contribution is -2.40. The van der Waals surface area contributed by atoms with Gasteiger partial charge in [-0.15, -0.1) is 0 Å². The van der Waals surface area contributed by atoms with Gasteiger partial charge in [-0.2, -0.15) is 0 Å². The van der Waals surface area contributed by atoms with Gasteiger partial charge in [0.05, 0.1) is 30.7 Å². The number of hydrogen-bond donors (Lipinski definition) is 0. The Balaban J connectivity index is 1.13. The summed E-state index contributed by atoms with van der Waals surface area (Å²) < 4.78 is 12.9. The standard InChI is InChI=1S/C22H27N3O7/c1-13-11-24(22(30)23(2)19(13)27)12-16(26)31-10-6-4-3-5-9-25-20(28)17-14-7-8-15(32-14)18(17)21(25)29/h7-8,11,14-15,17-18H,3-6,9-10,12H2,1-2H3/t14-,15+,17+,18-. The highest BCUT2D eigenvalue weighted by Gasteiger charge is 2.60. The van der Waals surface area contributed by atoms with Gasteiger partial charge in [0.15, 0.2) is 0 Å². The van der Waals surface area contributed by atoms with Gasteiger partial charge in [-0.1, -0.05) is 18.6 Å². The summed E-state index contributed by atoms with van der Waals surface area (Å²) in [7, 11) is 1.37. The number of esters is 1. The number of rotatable bonds is 9. The van der Waals surface area contributed by atoms with Crippen molar-refractivity contribution in [2.24, 2.45) is 18.9 Å². The Kier molecular flexibility index (Phi) is 6.14. The number of aromatic nitrogens is 2. The molecule has 4 atom stereocenters. The van der Waals surface area contributed by atoms with Crippen LogP contribution < -0.4 is 11.2 Å².